The van der Waals surface area contributed by atoms with E-state index in [0.717, 1.165) is 54.7 Å². The first-order chi connectivity index (χ1) is 18.1. The van der Waals surface area contributed by atoms with Crippen molar-refractivity contribution in [2.75, 3.05) is 20.8 Å². The summed E-state index contributed by atoms with van der Waals surface area (Å²) in [5.74, 6) is 1.91. The molecule has 1 aliphatic carbocycles. The summed E-state index contributed by atoms with van der Waals surface area (Å²) < 4.78 is 22.7. The topological polar surface area (TPSA) is 70.2 Å². The molecule has 2 unspecified atom stereocenters. The number of ether oxygens (including phenoxy) is 4. The van der Waals surface area contributed by atoms with E-state index in [-0.39, 0.29) is 30.0 Å². The predicted molar refractivity (Wildman–Crippen MR) is 140 cm³/mol. The average Bonchev–Trinajstić information content (AvgIpc) is 3.87. The Bertz CT molecular complexity index is 1310. The highest BCUT2D eigenvalue weighted by molar-refractivity contribution is 5.73. The second-order valence-electron chi connectivity index (χ2n) is 10.4. The molecule has 6 heteroatoms. The Balaban J connectivity index is 1.28. The molecule has 2 aromatic carbocycles. The largest absolute Gasteiger partial charge is 0.485 e. The number of epoxide rings is 1. The summed E-state index contributed by atoms with van der Waals surface area (Å²) in [4.78, 5) is 16.6. The van der Waals surface area contributed by atoms with Gasteiger partial charge in [0.1, 0.15) is 18.0 Å². The average molecular weight is 500 g/mol. The lowest BCUT2D eigenvalue weighted by Crippen LogP contribution is -2.23. The number of hydrogen-bond acceptors (Lipinski definition) is 6. The van der Waals surface area contributed by atoms with E-state index in [1.54, 1.807) is 13.3 Å². The van der Waals surface area contributed by atoms with Gasteiger partial charge in [-0.15, -0.1) is 0 Å². The number of benzene rings is 2. The van der Waals surface area contributed by atoms with Crippen molar-refractivity contribution in [2.45, 2.75) is 50.7 Å². The molecule has 1 aromatic heterocycles. The van der Waals surface area contributed by atoms with Gasteiger partial charge in [0.15, 0.2) is 0 Å². The van der Waals surface area contributed by atoms with Crippen molar-refractivity contribution in [1.82, 2.24) is 4.98 Å². The zero-order chi connectivity index (χ0) is 25.5. The molecule has 0 spiro atoms. The zero-order valence-electron chi connectivity index (χ0n) is 21.6. The number of carbonyl (C=O) groups is 1. The number of nitrogens with zero attached hydrogens (tertiary/aromatic N) is 1. The number of aromatic nitrogens is 1. The number of fused-ring (bicyclic) bond motifs is 1. The van der Waals surface area contributed by atoms with Crippen LogP contribution >= 0.6 is 0 Å². The van der Waals surface area contributed by atoms with E-state index >= 15 is 0 Å². The predicted octanol–water partition coefficient (Wildman–Crippen LogP) is 6.20. The maximum Gasteiger partial charge on any atom is 0.309 e. The second kappa shape index (κ2) is 9.82. The lowest BCUT2D eigenvalue weighted by molar-refractivity contribution is -0.145. The van der Waals surface area contributed by atoms with Crippen molar-refractivity contribution in [3.8, 4) is 22.8 Å². The molecule has 4 atom stereocenters. The van der Waals surface area contributed by atoms with Crippen LogP contribution in [0.5, 0.6) is 11.6 Å². The van der Waals surface area contributed by atoms with E-state index in [4.69, 9.17) is 18.9 Å². The molecule has 6 rings (SSSR count). The summed E-state index contributed by atoms with van der Waals surface area (Å²) in [6.45, 7) is 2.72. The standard InChI is InChI=1S/C31H33NO5/c1-18(31(33)35-3)30(20-5-6-20)23-7-4-19-9-11-26(37-27(19)15-23)22-8-10-24(25(14-22)28-17-36-28)21-12-13-32-29(16-21)34-2/h4,7-8,10,12-16,18,20,26,28,30H,5-6,9,11,17H2,1-3H3/t18-,26?,28?,30-/m0/s1. The van der Waals surface area contributed by atoms with Crippen LogP contribution in [0.15, 0.2) is 54.7 Å². The fourth-order valence-electron chi connectivity index (χ4n) is 5.81. The minimum Gasteiger partial charge on any atom is -0.485 e. The van der Waals surface area contributed by atoms with E-state index in [1.165, 1.54) is 23.8 Å². The SMILES string of the molecule is COC(=O)[C@@H](C)[C@H](c1ccc2c(c1)OC(c1ccc(-c3ccnc(OC)c3)c(C3CO3)c1)CC2)C1CC1. The molecule has 3 aromatic rings. The molecule has 3 aliphatic rings. The third-order valence-corrected chi connectivity index (χ3v) is 8.05. The Hall–Kier alpha value is -3.38. The summed E-state index contributed by atoms with van der Waals surface area (Å²) >= 11 is 0. The molecule has 0 bridgehead atoms. The number of hydrogen-bond donors (Lipinski definition) is 0. The van der Waals surface area contributed by atoms with Crippen molar-refractivity contribution in [1.29, 1.82) is 0 Å². The summed E-state index contributed by atoms with van der Waals surface area (Å²) in [6, 6.07) is 17.1. The number of methoxy groups -OCH3 is 2. The Labute approximate surface area is 217 Å². The number of pyridine rings is 1. The van der Waals surface area contributed by atoms with E-state index in [9.17, 15) is 4.79 Å². The van der Waals surface area contributed by atoms with Crippen LogP contribution in [0.1, 0.15) is 66.6 Å². The fraction of sp³-hybridized carbons (Fsp3) is 0.419. The first kappa shape index (κ1) is 24.0. The molecular formula is C31H33NO5. The number of carbonyl (C=O) groups excluding carboxylic acids is 1. The van der Waals surface area contributed by atoms with Crippen LogP contribution in [-0.2, 0) is 20.7 Å². The summed E-state index contributed by atoms with van der Waals surface area (Å²) in [5.41, 5.74) is 6.94. The fourth-order valence-corrected chi connectivity index (χ4v) is 5.81. The Morgan fingerprint density at radius 2 is 1.86 bits per heavy atom. The van der Waals surface area contributed by atoms with Crippen LogP contribution in [0.25, 0.3) is 11.1 Å². The van der Waals surface area contributed by atoms with Gasteiger partial charge in [0.25, 0.3) is 0 Å². The molecule has 2 aliphatic heterocycles. The minimum atomic E-state index is -0.171. The van der Waals surface area contributed by atoms with Gasteiger partial charge < -0.3 is 18.9 Å². The second-order valence-corrected chi connectivity index (χ2v) is 10.4. The highest BCUT2D eigenvalue weighted by Gasteiger charge is 2.39. The van der Waals surface area contributed by atoms with E-state index < -0.39 is 0 Å². The smallest absolute Gasteiger partial charge is 0.309 e. The first-order valence-electron chi connectivity index (χ1n) is 13.2. The van der Waals surface area contributed by atoms with Crippen molar-refractivity contribution in [2.24, 2.45) is 11.8 Å². The first-order valence-corrected chi connectivity index (χ1v) is 13.2. The van der Waals surface area contributed by atoms with Crippen LogP contribution in [0.3, 0.4) is 0 Å². The molecule has 1 saturated heterocycles. The highest BCUT2D eigenvalue weighted by Crippen LogP contribution is 2.49. The van der Waals surface area contributed by atoms with E-state index in [2.05, 4.69) is 41.4 Å². The molecule has 37 heavy (non-hydrogen) atoms. The van der Waals surface area contributed by atoms with Gasteiger partial charge in [-0.25, -0.2) is 4.98 Å². The molecule has 3 heterocycles. The monoisotopic (exact) mass is 499 g/mol. The van der Waals surface area contributed by atoms with E-state index in [0.29, 0.717) is 11.8 Å². The van der Waals surface area contributed by atoms with E-state index in [1.807, 2.05) is 19.1 Å². The Morgan fingerprint density at radius 1 is 1.03 bits per heavy atom. The van der Waals surface area contributed by atoms with Gasteiger partial charge >= 0.3 is 5.97 Å². The Morgan fingerprint density at radius 3 is 2.59 bits per heavy atom. The molecular weight excluding hydrogens is 466 g/mol. The number of aryl methyl sites for hydroxylation is 1. The van der Waals surface area contributed by atoms with Crippen molar-refractivity contribution in [3.63, 3.8) is 0 Å². The lowest BCUT2D eigenvalue weighted by Gasteiger charge is -2.29. The Kier molecular flexibility index (Phi) is 6.37. The normalized spacial score (nSPS) is 21.8. The van der Waals surface area contributed by atoms with Gasteiger partial charge in [-0.3, -0.25) is 4.79 Å². The van der Waals surface area contributed by atoms with Crippen LogP contribution in [0, 0.1) is 11.8 Å². The number of rotatable bonds is 8. The van der Waals surface area contributed by atoms with Gasteiger partial charge in [-0.2, -0.15) is 0 Å². The number of esters is 1. The van der Waals surface area contributed by atoms with Gasteiger partial charge in [0.2, 0.25) is 5.88 Å². The molecule has 0 radical (unpaired) electrons. The molecule has 2 fully saturated rings. The third kappa shape index (κ3) is 4.82. The molecule has 1 saturated carbocycles. The van der Waals surface area contributed by atoms with Gasteiger partial charge in [-0.1, -0.05) is 31.2 Å². The quantitative estimate of drug-likeness (QED) is 0.272. The van der Waals surface area contributed by atoms with Crippen LogP contribution in [-0.4, -0.2) is 31.8 Å². The summed E-state index contributed by atoms with van der Waals surface area (Å²) in [6.07, 6.45) is 6.05. The minimum absolute atomic E-state index is 0.0290. The van der Waals surface area contributed by atoms with Gasteiger partial charge in [-0.05, 0) is 89.1 Å². The lowest BCUT2D eigenvalue weighted by atomic mass is 9.82. The molecule has 192 valence electrons. The van der Waals surface area contributed by atoms with Crippen LogP contribution < -0.4 is 9.47 Å². The zero-order valence-corrected chi connectivity index (χ0v) is 21.6. The summed E-state index contributed by atoms with van der Waals surface area (Å²) in [5, 5.41) is 0. The summed E-state index contributed by atoms with van der Waals surface area (Å²) in [7, 11) is 3.10. The third-order valence-electron chi connectivity index (χ3n) is 8.05. The maximum atomic E-state index is 12.4. The molecule has 0 amide bonds. The highest BCUT2D eigenvalue weighted by atomic mass is 16.6. The van der Waals surface area contributed by atoms with Crippen LogP contribution in [0.2, 0.25) is 0 Å². The van der Waals surface area contributed by atoms with Crippen molar-refractivity contribution in [3.05, 3.63) is 77.0 Å². The molecule has 6 nitrogen and oxygen atoms in total. The van der Waals surface area contributed by atoms with Gasteiger partial charge in [0, 0.05) is 12.3 Å². The van der Waals surface area contributed by atoms with Crippen molar-refractivity contribution >= 4 is 5.97 Å². The van der Waals surface area contributed by atoms with Crippen molar-refractivity contribution < 1.29 is 23.7 Å². The molecule has 0 N–H and O–H groups in total. The maximum absolute atomic E-state index is 12.4. The van der Waals surface area contributed by atoms with Gasteiger partial charge in [0.05, 0.1) is 26.7 Å². The van der Waals surface area contributed by atoms with Crippen LogP contribution in [0.4, 0.5) is 0 Å².